The van der Waals surface area contributed by atoms with Crippen molar-refractivity contribution in [1.29, 1.82) is 0 Å². The number of nitrogens with one attached hydrogen (secondary N) is 2. The van der Waals surface area contributed by atoms with E-state index in [-0.39, 0.29) is 24.0 Å². The van der Waals surface area contributed by atoms with Crippen LogP contribution in [-0.4, -0.2) is 19.8 Å². The highest BCUT2D eigenvalue weighted by Gasteiger charge is 2.13. The van der Waals surface area contributed by atoms with Crippen LogP contribution < -0.4 is 20.1 Å². The van der Waals surface area contributed by atoms with Crippen molar-refractivity contribution in [2.75, 3.05) is 13.8 Å². The van der Waals surface area contributed by atoms with E-state index in [4.69, 9.17) is 13.9 Å². The molecule has 1 aromatic carbocycles. The molecule has 0 aliphatic carbocycles. The average Bonchev–Trinajstić information content (AvgIpc) is 3.13. The van der Waals surface area contributed by atoms with Gasteiger partial charge in [-0.3, -0.25) is 4.99 Å². The van der Waals surface area contributed by atoms with E-state index in [0.29, 0.717) is 19.9 Å². The van der Waals surface area contributed by atoms with Gasteiger partial charge < -0.3 is 24.5 Å². The molecule has 24 heavy (non-hydrogen) atoms. The molecule has 1 aliphatic rings. The second-order valence-electron chi connectivity index (χ2n) is 5.41. The van der Waals surface area contributed by atoms with Crippen LogP contribution in [0.15, 0.2) is 33.7 Å². The van der Waals surface area contributed by atoms with Gasteiger partial charge in [-0.25, -0.2) is 0 Å². The monoisotopic (exact) mass is 443 g/mol. The van der Waals surface area contributed by atoms with Crippen LogP contribution in [0.1, 0.15) is 22.6 Å². The van der Waals surface area contributed by atoms with E-state index in [1.54, 1.807) is 7.05 Å². The molecule has 0 amide bonds. The zero-order valence-corrected chi connectivity index (χ0v) is 16.3. The van der Waals surface area contributed by atoms with Crippen molar-refractivity contribution in [1.82, 2.24) is 10.6 Å². The predicted octanol–water partition coefficient (Wildman–Crippen LogP) is 3.11. The first-order chi connectivity index (χ1) is 11.2. The number of hydrogen-bond donors (Lipinski definition) is 2. The fourth-order valence-corrected chi connectivity index (χ4v) is 2.50. The van der Waals surface area contributed by atoms with E-state index in [1.165, 1.54) is 0 Å². The van der Waals surface area contributed by atoms with Crippen LogP contribution in [0.25, 0.3) is 0 Å². The number of aryl methyl sites for hydroxylation is 2. The molecule has 0 fully saturated rings. The van der Waals surface area contributed by atoms with Crippen molar-refractivity contribution in [2.24, 2.45) is 4.99 Å². The Morgan fingerprint density at radius 2 is 1.83 bits per heavy atom. The molecule has 2 N–H and O–H groups in total. The maximum atomic E-state index is 5.53. The first-order valence-corrected chi connectivity index (χ1v) is 7.54. The molecule has 0 atom stereocenters. The number of fused-ring (bicyclic) bond motifs is 1. The second-order valence-corrected chi connectivity index (χ2v) is 5.41. The lowest BCUT2D eigenvalue weighted by molar-refractivity contribution is 0.174. The maximum absolute atomic E-state index is 5.53. The zero-order valence-electron chi connectivity index (χ0n) is 14.0. The lowest BCUT2D eigenvalue weighted by Gasteiger charge is -2.12. The standard InChI is InChI=1S/C17H21N3O3.HI/c1-11-6-14(12(2)23-11)9-20-17(18-3)19-8-13-4-5-15-16(7-13)22-10-21-15;/h4-7H,8-10H2,1-3H3,(H2,18,19,20);1H. The summed E-state index contributed by atoms with van der Waals surface area (Å²) in [5, 5.41) is 6.57. The Morgan fingerprint density at radius 1 is 1.08 bits per heavy atom. The number of aliphatic imine (C=N–C) groups is 1. The largest absolute Gasteiger partial charge is 0.466 e. The SMILES string of the molecule is CN=C(NCc1ccc2c(c1)OCO2)NCc1cc(C)oc1C.I. The molecular weight excluding hydrogens is 421 g/mol. The Morgan fingerprint density at radius 3 is 2.54 bits per heavy atom. The summed E-state index contributed by atoms with van der Waals surface area (Å²) in [6.45, 7) is 5.53. The van der Waals surface area contributed by atoms with Crippen LogP contribution in [0, 0.1) is 13.8 Å². The summed E-state index contributed by atoms with van der Waals surface area (Å²) in [7, 11) is 1.75. The third kappa shape index (κ3) is 4.34. The quantitative estimate of drug-likeness (QED) is 0.432. The van der Waals surface area contributed by atoms with Crippen molar-refractivity contribution in [3.63, 3.8) is 0 Å². The van der Waals surface area contributed by atoms with Gasteiger partial charge in [0.15, 0.2) is 17.5 Å². The first kappa shape index (κ1) is 18.4. The average molecular weight is 443 g/mol. The molecule has 2 heterocycles. The molecule has 0 spiro atoms. The molecule has 0 bridgehead atoms. The van der Waals surface area contributed by atoms with Gasteiger partial charge in [0, 0.05) is 25.7 Å². The minimum Gasteiger partial charge on any atom is -0.466 e. The van der Waals surface area contributed by atoms with Crippen molar-refractivity contribution in [3.8, 4) is 11.5 Å². The zero-order chi connectivity index (χ0) is 16.2. The summed E-state index contributed by atoms with van der Waals surface area (Å²) in [6.07, 6.45) is 0. The number of halogens is 1. The second kappa shape index (κ2) is 8.27. The minimum atomic E-state index is 0. The van der Waals surface area contributed by atoms with Gasteiger partial charge in [-0.2, -0.15) is 0 Å². The van der Waals surface area contributed by atoms with Crippen LogP contribution in [0.2, 0.25) is 0 Å². The summed E-state index contributed by atoms with van der Waals surface area (Å²) in [5.74, 6) is 4.17. The predicted molar refractivity (Wildman–Crippen MR) is 103 cm³/mol. The lowest BCUT2D eigenvalue weighted by Crippen LogP contribution is -2.36. The molecule has 1 aromatic heterocycles. The van der Waals surface area contributed by atoms with Gasteiger partial charge in [0.2, 0.25) is 6.79 Å². The van der Waals surface area contributed by atoms with Gasteiger partial charge in [-0.15, -0.1) is 24.0 Å². The van der Waals surface area contributed by atoms with E-state index < -0.39 is 0 Å². The van der Waals surface area contributed by atoms with Gasteiger partial charge in [0.25, 0.3) is 0 Å². The van der Waals surface area contributed by atoms with Gasteiger partial charge in [-0.1, -0.05) is 6.07 Å². The van der Waals surface area contributed by atoms with Crippen LogP contribution in [-0.2, 0) is 13.1 Å². The molecule has 6 nitrogen and oxygen atoms in total. The molecule has 7 heteroatoms. The Labute approximate surface area is 158 Å². The normalized spacial score (nSPS) is 12.7. The van der Waals surface area contributed by atoms with Crippen molar-refractivity contribution in [2.45, 2.75) is 26.9 Å². The van der Waals surface area contributed by atoms with E-state index >= 15 is 0 Å². The number of guanidine groups is 1. The number of rotatable bonds is 4. The van der Waals surface area contributed by atoms with Crippen molar-refractivity contribution < 1.29 is 13.9 Å². The molecule has 0 saturated heterocycles. The molecule has 1 aliphatic heterocycles. The molecule has 0 radical (unpaired) electrons. The van der Waals surface area contributed by atoms with Gasteiger partial charge in [-0.05, 0) is 37.6 Å². The third-order valence-electron chi connectivity index (χ3n) is 3.71. The highest BCUT2D eigenvalue weighted by Crippen LogP contribution is 2.32. The van der Waals surface area contributed by atoms with Gasteiger partial charge in [0.05, 0.1) is 0 Å². The Kier molecular flexibility index (Phi) is 6.36. The molecule has 2 aromatic rings. The number of benzene rings is 1. The van der Waals surface area contributed by atoms with E-state index in [2.05, 4.69) is 15.6 Å². The molecule has 0 unspecified atom stereocenters. The lowest BCUT2D eigenvalue weighted by atomic mass is 10.2. The fraction of sp³-hybridized carbons (Fsp3) is 0.353. The summed E-state index contributed by atoms with van der Waals surface area (Å²) in [6, 6.07) is 7.95. The highest BCUT2D eigenvalue weighted by molar-refractivity contribution is 14.0. The van der Waals surface area contributed by atoms with E-state index in [0.717, 1.165) is 40.1 Å². The van der Waals surface area contributed by atoms with Crippen LogP contribution in [0.5, 0.6) is 11.5 Å². The van der Waals surface area contributed by atoms with Crippen LogP contribution >= 0.6 is 24.0 Å². The number of hydrogen-bond acceptors (Lipinski definition) is 4. The summed E-state index contributed by atoms with van der Waals surface area (Å²) in [4.78, 5) is 4.24. The molecular formula is C17H22IN3O3. The first-order valence-electron chi connectivity index (χ1n) is 7.54. The summed E-state index contributed by atoms with van der Waals surface area (Å²) >= 11 is 0. The summed E-state index contributed by atoms with van der Waals surface area (Å²) < 4.78 is 16.2. The molecule has 0 saturated carbocycles. The van der Waals surface area contributed by atoms with Gasteiger partial charge in [0.1, 0.15) is 11.5 Å². The van der Waals surface area contributed by atoms with Crippen molar-refractivity contribution >= 4 is 29.9 Å². The van der Waals surface area contributed by atoms with E-state index in [1.807, 2.05) is 38.1 Å². The number of nitrogens with zero attached hydrogens (tertiary/aromatic N) is 1. The fourth-order valence-electron chi connectivity index (χ4n) is 2.50. The van der Waals surface area contributed by atoms with Crippen LogP contribution in [0.4, 0.5) is 0 Å². The molecule has 130 valence electrons. The smallest absolute Gasteiger partial charge is 0.231 e. The highest BCUT2D eigenvalue weighted by atomic mass is 127. The van der Waals surface area contributed by atoms with E-state index in [9.17, 15) is 0 Å². The van der Waals surface area contributed by atoms with Gasteiger partial charge >= 0.3 is 0 Å². The van der Waals surface area contributed by atoms with Crippen LogP contribution in [0.3, 0.4) is 0 Å². The Hall–Kier alpha value is -1.90. The topological polar surface area (TPSA) is 68.0 Å². The number of ether oxygens (including phenoxy) is 2. The van der Waals surface area contributed by atoms with Crippen molar-refractivity contribution in [3.05, 3.63) is 46.9 Å². The Bertz CT molecular complexity index is 728. The third-order valence-corrected chi connectivity index (χ3v) is 3.71. The molecule has 3 rings (SSSR count). The number of furan rings is 1. The maximum Gasteiger partial charge on any atom is 0.231 e. The Balaban J connectivity index is 0.00000208. The minimum absolute atomic E-state index is 0. The summed E-state index contributed by atoms with van der Waals surface area (Å²) in [5.41, 5.74) is 2.24.